The van der Waals surface area contributed by atoms with Crippen LogP contribution in [-0.4, -0.2) is 22.1 Å². The quantitative estimate of drug-likeness (QED) is 0.804. The maximum Gasteiger partial charge on any atom is 0.262 e. The zero-order chi connectivity index (χ0) is 12.5. The van der Waals surface area contributed by atoms with E-state index in [1.807, 2.05) is 0 Å². The summed E-state index contributed by atoms with van der Waals surface area (Å²) in [7, 11) is 3.20. The molecule has 2 aromatic rings. The van der Waals surface area contributed by atoms with E-state index in [2.05, 4.69) is 0 Å². The number of fused-ring (bicyclic) bond motifs is 1. The fourth-order valence-corrected chi connectivity index (χ4v) is 2.69. The van der Waals surface area contributed by atoms with Crippen LogP contribution in [0.2, 0.25) is 0 Å². The molecule has 1 heterocycles. The van der Waals surface area contributed by atoms with Crippen molar-refractivity contribution >= 4 is 30.7 Å². The summed E-state index contributed by atoms with van der Waals surface area (Å²) in [4.78, 5) is 0.0732. The van der Waals surface area contributed by atoms with Crippen LogP contribution in [0.15, 0.2) is 33.6 Å². The molecular formula is C11H11ClO4S. The highest BCUT2D eigenvalue weighted by Gasteiger charge is 2.16. The lowest BCUT2D eigenvalue weighted by Crippen LogP contribution is -1.92. The maximum absolute atomic E-state index is 11.4. The lowest BCUT2D eigenvalue weighted by atomic mass is 10.2. The monoisotopic (exact) mass is 274 g/mol. The first kappa shape index (κ1) is 12.4. The molecule has 2 rings (SSSR count). The Morgan fingerprint density at radius 2 is 2.18 bits per heavy atom. The summed E-state index contributed by atoms with van der Waals surface area (Å²) in [6, 6.07) is 6.45. The summed E-state index contributed by atoms with van der Waals surface area (Å²) in [5.74, 6) is 0.676. The molecular weight excluding hydrogens is 264 g/mol. The normalized spacial score (nSPS) is 12.1. The Balaban J connectivity index is 2.53. The number of ether oxygens (including phenoxy) is 1. The van der Waals surface area contributed by atoms with Gasteiger partial charge in [-0.3, -0.25) is 0 Å². The third-order valence-electron chi connectivity index (χ3n) is 2.39. The molecule has 0 aliphatic rings. The summed E-state index contributed by atoms with van der Waals surface area (Å²) < 4.78 is 33.2. The van der Waals surface area contributed by atoms with Gasteiger partial charge in [0.1, 0.15) is 11.3 Å². The van der Waals surface area contributed by atoms with E-state index in [1.54, 1.807) is 25.3 Å². The van der Waals surface area contributed by atoms with Gasteiger partial charge in [0.15, 0.2) is 0 Å². The molecule has 0 bridgehead atoms. The van der Waals surface area contributed by atoms with E-state index in [0.29, 0.717) is 29.8 Å². The van der Waals surface area contributed by atoms with Crippen molar-refractivity contribution in [2.45, 2.75) is 11.3 Å². The van der Waals surface area contributed by atoms with Crippen molar-refractivity contribution in [3.63, 3.8) is 0 Å². The van der Waals surface area contributed by atoms with Crippen LogP contribution in [0, 0.1) is 0 Å². The van der Waals surface area contributed by atoms with Gasteiger partial charge in [0, 0.05) is 29.6 Å². The van der Waals surface area contributed by atoms with Crippen LogP contribution in [0.5, 0.6) is 0 Å². The molecule has 6 heteroatoms. The molecule has 0 saturated heterocycles. The van der Waals surface area contributed by atoms with Gasteiger partial charge < -0.3 is 9.15 Å². The first-order chi connectivity index (χ1) is 8.02. The molecule has 17 heavy (non-hydrogen) atoms. The van der Waals surface area contributed by atoms with E-state index in [1.165, 1.54) is 6.07 Å². The first-order valence-electron chi connectivity index (χ1n) is 4.97. The Morgan fingerprint density at radius 1 is 1.41 bits per heavy atom. The molecule has 0 saturated carbocycles. The average molecular weight is 275 g/mol. The van der Waals surface area contributed by atoms with Crippen molar-refractivity contribution in [1.82, 2.24) is 0 Å². The molecule has 1 aromatic heterocycles. The summed E-state index contributed by atoms with van der Waals surface area (Å²) in [6.07, 6.45) is 0.590. The fourth-order valence-electron chi connectivity index (χ4n) is 1.63. The van der Waals surface area contributed by atoms with Gasteiger partial charge in [0.25, 0.3) is 9.05 Å². The van der Waals surface area contributed by atoms with E-state index in [-0.39, 0.29) is 4.90 Å². The minimum absolute atomic E-state index is 0.0732. The van der Waals surface area contributed by atoms with Crippen LogP contribution in [0.4, 0.5) is 0 Å². The van der Waals surface area contributed by atoms with Crippen LogP contribution in [0.3, 0.4) is 0 Å². The summed E-state index contributed by atoms with van der Waals surface area (Å²) in [6.45, 7) is 0.517. The van der Waals surface area contributed by atoms with Crippen LogP contribution < -0.4 is 0 Å². The smallest absolute Gasteiger partial charge is 0.262 e. The molecule has 1 aromatic carbocycles. The lowest BCUT2D eigenvalue weighted by Gasteiger charge is -1.95. The van der Waals surface area contributed by atoms with Crippen LogP contribution in [0.1, 0.15) is 5.76 Å². The number of halogens is 1. The molecule has 4 nitrogen and oxygen atoms in total. The lowest BCUT2D eigenvalue weighted by molar-refractivity contribution is 0.197. The third kappa shape index (κ3) is 2.62. The highest BCUT2D eigenvalue weighted by molar-refractivity contribution is 8.14. The minimum atomic E-state index is -3.76. The number of hydrogen-bond acceptors (Lipinski definition) is 4. The predicted molar refractivity (Wildman–Crippen MR) is 64.8 cm³/mol. The van der Waals surface area contributed by atoms with Crippen molar-refractivity contribution in [2.24, 2.45) is 0 Å². The van der Waals surface area contributed by atoms with Crippen LogP contribution in [0.25, 0.3) is 11.0 Å². The minimum Gasteiger partial charge on any atom is -0.461 e. The number of furan rings is 1. The number of benzene rings is 1. The molecule has 92 valence electrons. The Kier molecular flexibility index (Phi) is 3.42. The Bertz CT molecular complexity index is 630. The Hall–Kier alpha value is -1.04. The molecule has 0 amide bonds. The zero-order valence-electron chi connectivity index (χ0n) is 9.14. The Labute approximate surface area is 104 Å². The van der Waals surface area contributed by atoms with Crippen molar-refractivity contribution in [3.05, 3.63) is 30.0 Å². The maximum atomic E-state index is 11.4. The first-order valence-corrected chi connectivity index (χ1v) is 7.28. The van der Waals surface area contributed by atoms with Crippen molar-refractivity contribution in [3.8, 4) is 0 Å². The SMILES string of the molecule is COCCc1cc2c(S(=O)(=O)Cl)cccc2o1. The van der Waals surface area contributed by atoms with Gasteiger partial charge in [-0.15, -0.1) is 0 Å². The van der Waals surface area contributed by atoms with Gasteiger partial charge in [0.05, 0.1) is 11.5 Å². The largest absolute Gasteiger partial charge is 0.461 e. The van der Waals surface area contributed by atoms with E-state index < -0.39 is 9.05 Å². The highest BCUT2D eigenvalue weighted by Crippen LogP contribution is 2.28. The van der Waals surface area contributed by atoms with Crippen molar-refractivity contribution in [1.29, 1.82) is 0 Å². The van der Waals surface area contributed by atoms with Crippen molar-refractivity contribution < 1.29 is 17.6 Å². The van der Waals surface area contributed by atoms with E-state index in [0.717, 1.165) is 0 Å². The highest BCUT2D eigenvalue weighted by atomic mass is 35.7. The van der Waals surface area contributed by atoms with E-state index in [4.69, 9.17) is 19.8 Å². The standard InChI is InChI=1S/C11H11ClO4S/c1-15-6-5-8-7-9-10(16-8)3-2-4-11(9)17(12,13)14/h2-4,7H,5-6H2,1H3. The second kappa shape index (κ2) is 4.68. The van der Waals surface area contributed by atoms with Crippen molar-refractivity contribution in [2.75, 3.05) is 13.7 Å². The molecule has 0 atom stereocenters. The molecule has 0 radical (unpaired) electrons. The van der Waals surface area contributed by atoms with Gasteiger partial charge >= 0.3 is 0 Å². The van der Waals surface area contributed by atoms with Gasteiger partial charge in [-0.2, -0.15) is 0 Å². The van der Waals surface area contributed by atoms with Crippen LogP contribution in [-0.2, 0) is 20.2 Å². The topological polar surface area (TPSA) is 56.5 Å². The van der Waals surface area contributed by atoms with Gasteiger partial charge in [0.2, 0.25) is 0 Å². The van der Waals surface area contributed by atoms with Crippen LogP contribution >= 0.6 is 10.7 Å². The van der Waals surface area contributed by atoms with Gasteiger partial charge in [-0.25, -0.2) is 8.42 Å². The summed E-state index contributed by atoms with van der Waals surface area (Å²) in [5.41, 5.74) is 0.512. The molecule has 0 N–H and O–H groups in total. The second-order valence-electron chi connectivity index (χ2n) is 3.56. The predicted octanol–water partition coefficient (Wildman–Crippen LogP) is 2.55. The summed E-state index contributed by atoms with van der Waals surface area (Å²) in [5, 5.41) is 0.508. The molecule has 0 aliphatic heterocycles. The molecule has 0 unspecified atom stereocenters. The van der Waals surface area contributed by atoms with E-state index >= 15 is 0 Å². The van der Waals surface area contributed by atoms with Gasteiger partial charge in [-0.05, 0) is 18.2 Å². The summed E-state index contributed by atoms with van der Waals surface area (Å²) >= 11 is 0. The average Bonchev–Trinajstić information content (AvgIpc) is 2.66. The second-order valence-corrected chi connectivity index (χ2v) is 6.10. The third-order valence-corrected chi connectivity index (χ3v) is 3.77. The zero-order valence-corrected chi connectivity index (χ0v) is 10.7. The van der Waals surface area contributed by atoms with Gasteiger partial charge in [-0.1, -0.05) is 6.07 Å². The Morgan fingerprint density at radius 3 is 2.82 bits per heavy atom. The molecule has 0 spiro atoms. The number of rotatable bonds is 4. The number of methoxy groups -OCH3 is 1. The molecule has 0 aliphatic carbocycles. The fraction of sp³-hybridized carbons (Fsp3) is 0.273. The van der Waals surface area contributed by atoms with E-state index in [9.17, 15) is 8.42 Å². The number of hydrogen-bond donors (Lipinski definition) is 0. The molecule has 0 fully saturated rings.